The van der Waals surface area contributed by atoms with Crippen molar-refractivity contribution in [3.63, 3.8) is 0 Å². The van der Waals surface area contributed by atoms with Crippen LogP contribution in [0, 0.1) is 0 Å². The summed E-state index contributed by atoms with van der Waals surface area (Å²) >= 11 is 5.89. The molecule has 1 heterocycles. The van der Waals surface area contributed by atoms with Crippen molar-refractivity contribution in [2.24, 2.45) is 5.73 Å². The molecule has 96 valence electrons. The second-order valence-corrected chi connectivity index (χ2v) is 4.61. The second-order valence-electron chi connectivity index (χ2n) is 4.18. The monoisotopic (exact) mass is 264 g/mol. The molecule has 0 radical (unpaired) electrons. The van der Waals surface area contributed by atoms with Crippen LogP contribution >= 0.6 is 11.6 Å². The summed E-state index contributed by atoms with van der Waals surface area (Å²) in [4.78, 5) is 0. The zero-order valence-corrected chi connectivity index (χ0v) is 11.4. The summed E-state index contributed by atoms with van der Waals surface area (Å²) < 4.78 is 1.83. The summed E-state index contributed by atoms with van der Waals surface area (Å²) in [5.41, 5.74) is 8.95. The van der Waals surface area contributed by atoms with E-state index < -0.39 is 0 Å². The van der Waals surface area contributed by atoms with Crippen LogP contribution in [0.25, 0.3) is 5.69 Å². The van der Waals surface area contributed by atoms with Gasteiger partial charge in [0.25, 0.3) is 0 Å². The van der Waals surface area contributed by atoms with Crippen LogP contribution in [0.15, 0.2) is 24.3 Å². The fourth-order valence-corrected chi connectivity index (χ4v) is 2.04. The number of benzene rings is 1. The summed E-state index contributed by atoms with van der Waals surface area (Å²) in [7, 11) is 0. The van der Waals surface area contributed by atoms with E-state index in [1.807, 2.05) is 35.9 Å². The lowest BCUT2D eigenvalue weighted by Gasteiger charge is -2.09. The maximum atomic E-state index is 6.05. The second kappa shape index (κ2) is 5.50. The summed E-state index contributed by atoms with van der Waals surface area (Å²) in [6, 6.07) is 7.49. The molecular weight excluding hydrogens is 248 g/mol. The third kappa shape index (κ3) is 2.40. The lowest BCUT2D eigenvalue weighted by atomic mass is 10.1. The maximum Gasteiger partial charge on any atom is 0.103 e. The van der Waals surface area contributed by atoms with Crippen LogP contribution < -0.4 is 5.73 Å². The van der Waals surface area contributed by atoms with Crippen molar-refractivity contribution in [3.05, 3.63) is 40.7 Å². The minimum atomic E-state index is -0.0546. The van der Waals surface area contributed by atoms with Crippen molar-refractivity contribution in [2.75, 3.05) is 0 Å². The van der Waals surface area contributed by atoms with Gasteiger partial charge in [0, 0.05) is 5.02 Å². The Morgan fingerprint density at radius 3 is 2.50 bits per heavy atom. The van der Waals surface area contributed by atoms with Gasteiger partial charge in [-0.3, -0.25) is 0 Å². The van der Waals surface area contributed by atoms with E-state index in [0.717, 1.165) is 29.9 Å². The zero-order valence-electron chi connectivity index (χ0n) is 10.6. The topological polar surface area (TPSA) is 56.7 Å². The number of nitrogens with zero attached hydrogens (tertiary/aromatic N) is 3. The Balaban J connectivity index is 2.45. The van der Waals surface area contributed by atoms with Crippen LogP contribution in [0.4, 0.5) is 0 Å². The van der Waals surface area contributed by atoms with E-state index in [0.29, 0.717) is 5.02 Å². The molecule has 1 aromatic carbocycles. The normalized spacial score (nSPS) is 12.7. The first-order valence-corrected chi connectivity index (χ1v) is 6.51. The first-order valence-electron chi connectivity index (χ1n) is 6.13. The number of halogens is 1. The van der Waals surface area contributed by atoms with Crippen LogP contribution in [0.1, 0.15) is 37.7 Å². The Bertz CT molecular complexity index is 518. The molecule has 0 spiro atoms. The average molecular weight is 265 g/mol. The van der Waals surface area contributed by atoms with Crippen LogP contribution in [-0.4, -0.2) is 15.0 Å². The molecule has 2 rings (SSSR count). The number of nitrogens with two attached hydrogens (primary N) is 1. The van der Waals surface area contributed by atoms with E-state index in [2.05, 4.69) is 17.2 Å². The summed E-state index contributed by atoms with van der Waals surface area (Å²) in [5.74, 6) is 0. The van der Waals surface area contributed by atoms with E-state index in [-0.39, 0.29) is 6.04 Å². The van der Waals surface area contributed by atoms with Gasteiger partial charge < -0.3 is 5.73 Å². The molecule has 2 aromatic rings. The molecule has 1 atom stereocenters. The van der Waals surface area contributed by atoms with Crippen LogP contribution in [0.3, 0.4) is 0 Å². The van der Waals surface area contributed by atoms with E-state index in [1.54, 1.807) is 0 Å². The largest absolute Gasteiger partial charge is 0.323 e. The Labute approximate surface area is 112 Å². The zero-order chi connectivity index (χ0) is 13.1. The third-order valence-electron chi connectivity index (χ3n) is 2.99. The van der Waals surface area contributed by atoms with Crippen LogP contribution in [0.5, 0.6) is 0 Å². The SMILES string of the molecule is CCc1c(C(N)CC)nnn1-c1ccc(Cl)cc1. The molecule has 2 N–H and O–H groups in total. The van der Waals surface area contributed by atoms with Gasteiger partial charge in [0.05, 0.1) is 17.4 Å². The van der Waals surface area contributed by atoms with Gasteiger partial charge in [-0.15, -0.1) is 5.10 Å². The van der Waals surface area contributed by atoms with Crippen molar-refractivity contribution in [1.82, 2.24) is 15.0 Å². The highest BCUT2D eigenvalue weighted by Crippen LogP contribution is 2.20. The average Bonchev–Trinajstić information content (AvgIpc) is 2.82. The Morgan fingerprint density at radius 2 is 1.94 bits per heavy atom. The van der Waals surface area contributed by atoms with Gasteiger partial charge in [0.2, 0.25) is 0 Å². The van der Waals surface area contributed by atoms with Gasteiger partial charge in [0.15, 0.2) is 0 Å². The van der Waals surface area contributed by atoms with Gasteiger partial charge in [-0.2, -0.15) is 0 Å². The molecule has 0 aliphatic rings. The molecule has 0 saturated carbocycles. The highest BCUT2D eigenvalue weighted by atomic mass is 35.5. The van der Waals surface area contributed by atoms with Gasteiger partial charge in [-0.1, -0.05) is 30.7 Å². The lowest BCUT2D eigenvalue weighted by Crippen LogP contribution is -2.12. The minimum absolute atomic E-state index is 0.0546. The van der Waals surface area contributed by atoms with Gasteiger partial charge in [0.1, 0.15) is 5.69 Å². The van der Waals surface area contributed by atoms with Crippen molar-refractivity contribution < 1.29 is 0 Å². The molecule has 18 heavy (non-hydrogen) atoms. The highest BCUT2D eigenvalue weighted by Gasteiger charge is 2.17. The molecule has 0 bridgehead atoms. The predicted molar refractivity (Wildman–Crippen MR) is 73.0 cm³/mol. The first-order chi connectivity index (χ1) is 8.67. The number of hydrogen-bond donors (Lipinski definition) is 1. The number of rotatable bonds is 4. The summed E-state index contributed by atoms with van der Waals surface area (Å²) in [6.45, 7) is 4.13. The molecular formula is C13H17ClN4. The molecule has 0 fully saturated rings. The quantitative estimate of drug-likeness (QED) is 0.924. The fourth-order valence-electron chi connectivity index (χ4n) is 1.92. The third-order valence-corrected chi connectivity index (χ3v) is 3.24. The van der Waals surface area contributed by atoms with Crippen molar-refractivity contribution in [2.45, 2.75) is 32.7 Å². The summed E-state index contributed by atoms with van der Waals surface area (Å²) in [5, 5.41) is 9.12. The Morgan fingerprint density at radius 1 is 1.28 bits per heavy atom. The molecule has 0 saturated heterocycles. The van der Waals surface area contributed by atoms with E-state index >= 15 is 0 Å². The van der Waals surface area contributed by atoms with Crippen molar-refractivity contribution in [1.29, 1.82) is 0 Å². The molecule has 4 nitrogen and oxygen atoms in total. The van der Waals surface area contributed by atoms with Crippen molar-refractivity contribution in [3.8, 4) is 5.69 Å². The molecule has 0 aliphatic heterocycles. The maximum absolute atomic E-state index is 6.05. The first kappa shape index (κ1) is 13.1. The Kier molecular flexibility index (Phi) is 3.99. The molecule has 1 aromatic heterocycles. The predicted octanol–water partition coefficient (Wildman–Crippen LogP) is 2.89. The molecule has 5 heteroatoms. The van der Waals surface area contributed by atoms with Gasteiger partial charge in [-0.25, -0.2) is 4.68 Å². The van der Waals surface area contributed by atoms with Gasteiger partial charge in [-0.05, 0) is 37.1 Å². The summed E-state index contributed by atoms with van der Waals surface area (Å²) in [6.07, 6.45) is 1.70. The fraction of sp³-hybridized carbons (Fsp3) is 0.385. The number of aromatic nitrogens is 3. The minimum Gasteiger partial charge on any atom is -0.323 e. The van der Waals surface area contributed by atoms with Gasteiger partial charge >= 0.3 is 0 Å². The standard InChI is InChI=1S/C13H17ClN4/c1-3-11(15)13-12(4-2)18(17-16-13)10-7-5-9(14)6-8-10/h5-8,11H,3-4,15H2,1-2H3. The van der Waals surface area contributed by atoms with Crippen LogP contribution in [-0.2, 0) is 6.42 Å². The lowest BCUT2D eigenvalue weighted by molar-refractivity contribution is 0.665. The van der Waals surface area contributed by atoms with E-state index in [1.165, 1.54) is 0 Å². The molecule has 0 aliphatic carbocycles. The van der Waals surface area contributed by atoms with Crippen LogP contribution in [0.2, 0.25) is 5.02 Å². The smallest absolute Gasteiger partial charge is 0.103 e. The number of hydrogen-bond acceptors (Lipinski definition) is 3. The van der Waals surface area contributed by atoms with Crippen molar-refractivity contribution >= 4 is 11.6 Å². The van der Waals surface area contributed by atoms with E-state index in [9.17, 15) is 0 Å². The molecule has 0 amide bonds. The Hall–Kier alpha value is -1.39. The highest BCUT2D eigenvalue weighted by molar-refractivity contribution is 6.30. The molecule has 1 unspecified atom stereocenters. The van der Waals surface area contributed by atoms with E-state index in [4.69, 9.17) is 17.3 Å².